The van der Waals surface area contributed by atoms with Crippen LogP contribution in [0.3, 0.4) is 0 Å². The fourth-order valence-electron chi connectivity index (χ4n) is 5.77. The first-order valence-corrected chi connectivity index (χ1v) is 13.5. The lowest BCUT2D eigenvalue weighted by atomic mass is 9.97. The molecule has 2 amide bonds. The molecule has 0 saturated carbocycles. The number of carbonyl (C=O) groups is 2. The number of anilines is 1. The predicted molar refractivity (Wildman–Crippen MR) is 149 cm³/mol. The van der Waals surface area contributed by atoms with Crippen molar-refractivity contribution in [3.8, 4) is 16.8 Å². The molecule has 1 fully saturated rings. The number of primary amides is 1. The number of likely N-dealkylation sites (tertiary alicyclic amines) is 1. The van der Waals surface area contributed by atoms with Gasteiger partial charge in [-0.3, -0.25) is 14.5 Å². The van der Waals surface area contributed by atoms with E-state index in [1.165, 1.54) is 29.2 Å². The lowest BCUT2D eigenvalue weighted by Crippen LogP contribution is -2.39. The Bertz CT molecular complexity index is 1620. The Morgan fingerprint density at radius 1 is 0.902 bits per heavy atom. The Labute approximate surface area is 235 Å². The molecular formula is C31H28F3N5O2. The van der Waals surface area contributed by atoms with Crippen LogP contribution in [0, 0.1) is 0 Å². The Kier molecular flexibility index (Phi) is 6.86. The van der Waals surface area contributed by atoms with Gasteiger partial charge in [-0.1, -0.05) is 42.5 Å². The molecule has 0 unspecified atom stereocenters. The monoisotopic (exact) mass is 559 g/mol. The van der Waals surface area contributed by atoms with E-state index in [4.69, 9.17) is 5.73 Å². The first kappa shape index (κ1) is 26.8. The van der Waals surface area contributed by atoms with E-state index in [1.54, 1.807) is 0 Å². The zero-order valence-electron chi connectivity index (χ0n) is 22.2. The van der Waals surface area contributed by atoms with Crippen LogP contribution in [0.1, 0.15) is 50.5 Å². The van der Waals surface area contributed by atoms with Gasteiger partial charge in [0.05, 0.1) is 5.69 Å². The lowest BCUT2D eigenvalue weighted by molar-refractivity contribution is -0.141. The zero-order chi connectivity index (χ0) is 28.7. The van der Waals surface area contributed by atoms with E-state index in [2.05, 4.69) is 10.00 Å². The van der Waals surface area contributed by atoms with Gasteiger partial charge in [0.25, 0.3) is 5.91 Å². The molecule has 0 aliphatic carbocycles. The molecule has 6 rings (SSSR count). The number of hydrogen-bond donors (Lipinski definition) is 1. The number of fused-ring (bicyclic) bond motifs is 1. The molecule has 0 bridgehead atoms. The van der Waals surface area contributed by atoms with Crippen LogP contribution in [0.4, 0.5) is 18.9 Å². The minimum absolute atomic E-state index is 0.0205. The van der Waals surface area contributed by atoms with Crippen molar-refractivity contribution < 1.29 is 22.8 Å². The normalized spacial score (nSPS) is 15.8. The molecule has 2 aliphatic rings. The van der Waals surface area contributed by atoms with E-state index in [1.807, 2.05) is 48.5 Å². The summed E-state index contributed by atoms with van der Waals surface area (Å²) in [5.41, 5.74) is 8.01. The standard InChI is InChI=1S/C31H28F3N5O2/c32-31(33,34)28-26-13-16-38(30(41)27(26)39(36-28)24-10-6-9-21(17-24)29(35)40)23-11-12-25(20-7-2-1-3-8-20)22(18-23)19-37-14-4-5-15-37/h1-3,6-12,17-18H,4-5,13-16,19H2,(H2,35,40). The van der Waals surface area contributed by atoms with Crippen molar-refractivity contribution in [2.45, 2.75) is 32.0 Å². The topological polar surface area (TPSA) is 84.5 Å². The van der Waals surface area contributed by atoms with Crippen molar-refractivity contribution in [1.29, 1.82) is 0 Å². The van der Waals surface area contributed by atoms with E-state index in [9.17, 15) is 22.8 Å². The fraction of sp³-hybridized carbons (Fsp3) is 0.258. The minimum atomic E-state index is -4.75. The molecule has 1 aromatic heterocycles. The van der Waals surface area contributed by atoms with E-state index in [0.717, 1.165) is 47.3 Å². The van der Waals surface area contributed by atoms with Crippen LogP contribution in [0.25, 0.3) is 16.8 Å². The van der Waals surface area contributed by atoms with E-state index in [0.29, 0.717) is 12.2 Å². The Balaban J connectivity index is 1.43. The van der Waals surface area contributed by atoms with Crippen LogP contribution in [-0.4, -0.2) is 46.1 Å². The lowest BCUT2D eigenvalue weighted by Gasteiger charge is -2.29. The maximum atomic E-state index is 14.0. The zero-order valence-corrected chi connectivity index (χ0v) is 22.2. The van der Waals surface area contributed by atoms with E-state index >= 15 is 0 Å². The summed E-state index contributed by atoms with van der Waals surface area (Å²) in [7, 11) is 0. The summed E-state index contributed by atoms with van der Waals surface area (Å²) in [6.45, 7) is 2.78. The van der Waals surface area contributed by atoms with E-state index < -0.39 is 23.7 Å². The quantitative estimate of drug-likeness (QED) is 0.340. The van der Waals surface area contributed by atoms with Gasteiger partial charge >= 0.3 is 6.18 Å². The summed E-state index contributed by atoms with van der Waals surface area (Å²) in [4.78, 5) is 29.6. The number of alkyl halides is 3. The number of benzene rings is 3. The second-order valence-electron chi connectivity index (χ2n) is 10.4. The fourth-order valence-corrected chi connectivity index (χ4v) is 5.77. The van der Waals surface area contributed by atoms with Crippen molar-refractivity contribution in [1.82, 2.24) is 14.7 Å². The van der Waals surface area contributed by atoms with Gasteiger partial charge in [-0.25, -0.2) is 4.68 Å². The first-order chi connectivity index (χ1) is 19.7. The SMILES string of the molecule is NC(=O)c1cccc(-n2nc(C(F)(F)F)c3c2C(=O)N(c2ccc(-c4ccccc4)c(CN4CCCC4)c2)CC3)c1. The molecule has 10 heteroatoms. The molecule has 1 saturated heterocycles. The van der Waals surface area contributed by atoms with E-state index in [-0.39, 0.29) is 35.5 Å². The molecule has 41 heavy (non-hydrogen) atoms. The molecule has 0 atom stereocenters. The van der Waals surface area contributed by atoms with Gasteiger partial charge in [-0.2, -0.15) is 18.3 Å². The Morgan fingerprint density at radius 3 is 2.37 bits per heavy atom. The van der Waals surface area contributed by atoms with Crippen LogP contribution >= 0.6 is 0 Å². The number of nitrogens with zero attached hydrogens (tertiary/aromatic N) is 4. The number of carbonyl (C=O) groups excluding carboxylic acids is 2. The molecule has 3 heterocycles. The van der Waals surface area contributed by atoms with Crippen LogP contribution in [0.5, 0.6) is 0 Å². The number of aromatic nitrogens is 2. The van der Waals surface area contributed by atoms with Crippen molar-refractivity contribution in [3.05, 3.63) is 101 Å². The molecule has 2 aliphatic heterocycles. The van der Waals surface area contributed by atoms with Crippen molar-refractivity contribution in [3.63, 3.8) is 0 Å². The number of nitrogens with two attached hydrogens (primary N) is 1. The highest BCUT2D eigenvalue weighted by atomic mass is 19.4. The Morgan fingerprint density at radius 2 is 1.66 bits per heavy atom. The molecule has 4 aromatic rings. The van der Waals surface area contributed by atoms with Crippen molar-refractivity contribution in [2.24, 2.45) is 5.73 Å². The van der Waals surface area contributed by atoms with Gasteiger partial charge in [-0.15, -0.1) is 0 Å². The van der Waals surface area contributed by atoms with Gasteiger partial charge in [0.1, 0.15) is 5.69 Å². The van der Waals surface area contributed by atoms with Crippen LogP contribution in [-0.2, 0) is 19.1 Å². The molecule has 0 spiro atoms. The highest BCUT2D eigenvalue weighted by molar-refractivity contribution is 6.08. The second-order valence-corrected chi connectivity index (χ2v) is 10.4. The molecule has 2 N–H and O–H groups in total. The first-order valence-electron chi connectivity index (χ1n) is 13.5. The maximum absolute atomic E-state index is 14.0. The highest BCUT2D eigenvalue weighted by Crippen LogP contribution is 2.38. The highest BCUT2D eigenvalue weighted by Gasteiger charge is 2.43. The summed E-state index contributed by atoms with van der Waals surface area (Å²) in [6, 6.07) is 21.6. The third-order valence-electron chi connectivity index (χ3n) is 7.74. The summed E-state index contributed by atoms with van der Waals surface area (Å²) < 4.78 is 43.1. The molecular weight excluding hydrogens is 531 g/mol. The summed E-state index contributed by atoms with van der Waals surface area (Å²) >= 11 is 0. The van der Waals surface area contributed by atoms with Crippen molar-refractivity contribution >= 4 is 17.5 Å². The predicted octanol–water partition coefficient (Wildman–Crippen LogP) is 5.46. The maximum Gasteiger partial charge on any atom is 0.435 e. The molecule has 210 valence electrons. The van der Waals surface area contributed by atoms with Crippen LogP contribution in [0.15, 0.2) is 72.8 Å². The van der Waals surface area contributed by atoms with Crippen LogP contribution in [0.2, 0.25) is 0 Å². The minimum Gasteiger partial charge on any atom is -0.366 e. The number of hydrogen-bond acceptors (Lipinski definition) is 4. The largest absolute Gasteiger partial charge is 0.435 e. The van der Waals surface area contributed by atoms with Gasteiger partial charge in [0.2, 0.25) is 5.91 Å². The summed E-state index contributed by atoms with van der Waals surface area (Å²) in [5, 5.41) is 3.84. The average Bonchev–Trinajstić information content (AvgIpc) is 3.62. The van der Waals surface area contributed by atoms with Crippen molar-refractivity contribution in [2.75, 3.05) is 24.5 Å². The molecule has 0 radical (unpaired) electrons. The van der Waals surface area contributed by atoms with Gasteiger partial charge in [0, 0.05) is 29.9 Å². The van der Waals surface area contributed by atoms with Gasteiger partial charge in [0.15, 0.2) is 5.69 Å². The Hall–Kier alpha value is -4.44. The summed E-state index contributed by atoms with van der Waals surface area (Å²) in [5.74, 6) is -1.32. The average molecular weight is 560 g/mol. The van der Waals surface area contributed by atoms with Gasteiger partial charge < -0.3 is 10.6 Å². The third-order valence-corrected chi connectivity index (χ3v) is 7.74. The molecule has 7 nitrogen and oxygen atoms in total. The number of halogens is 3. The number of rotatable bonds is 6. The molecule has 3 aromatic carbocycles. The summed E-state index contributed by atoms with van der Waals surface area (Å²) in [6.07, 6.45) is -2.50. The smallest absolute Gasteiger partial charge is 0.366 e. The second kappa shape index (κ2) is 10.5. The van der Waals surface area contributed by atoms with Crippen LogP contribution < -0.4 is 10.6 Å². The number of amides is 2. The third kappa shape index (κ3) is 5.11. The van der Waals surface area contributed by atoms with Gasteiger partial charge in [-0.05, 0) is 79.4 Å².